The van der Waals surface area contributed by atoms with E-state index in [2.05, 4.69) is 5.32 Å². The topological polar surface area (TPSA) is 68.7 Å². The molecule has 1 atom stereocenters. The molecule has 0 radical (unpaired) electrons. The second-order valence-corrected chi connectivity index (χ2v) is 8.82. The molecule has 0 aromatic heterocycles. The van der Waals surface area contributed by atoms with Crippen LogP contribution in [0.4, 0.5) is 18.9 Å². The molecule has 184 valence electrons. The number of ether oxygens (including phenoxy) is 1. The van der Waals surface area contributed by atoms with Crippen molar-refractivity contribution in [3.63, 3.8) is 0 Å². The van der Waals surface area contributed by atoms with Crippen LogP contribution in [0.25, 0.3) is 0 Å². The Balaban J connectivity index is 1.78. The number of carbonyl (C=O) groups is 1. The van der Waals surface area contributed by atoms with Crippen LogP contribution in [0.2, 0.25) is 0 Å². The summed E-state index contributed by atoms with van der Waals surface area (Å²) in [5, 5.41) is 10.4. The third-order valence-corrected chi connectivity index (χ3v) is 5.93. The van der Waals surface area contributed by atoms with Crippen molar-refractivity contribution in [1.82, 2.24) is 9.80 Å². The van der Waals surface area contributed by atoms with E-state index < -0.39 is 5.92 Å². The van der Waals surface area contributed by atoms with Crippen molar-refractivity contribution in [1.29, 1.82) is 5.41 Å². The summed E-state index contributed by atoms with van der Waals surface area (Å²) in [6.07, 6.45) is 1.60. The molecule has 34 heavy (non-hydrogen) atoms. The Morgan fingerprint density at radius 2 is 2.06 bits per heavy atom. The first-order chi connectivity index (χ1) is 16.1. The first-order valence-corrected chi connectivity index (χ1v) is 11.2. The predicted molar refractivity (Wildman–Crippen MR) is 127 cm³/mol. The van der Waals surface area contributed by atoms with Crippen molar-refractivity contribution in [2.24, 2.45) is 0 Å². The Hall–Kier alpha value is -2.91. The first-order valence-electron chi connectivity index (χ1n) is 11.2. The van der Waals surface area contributed by atoms with Gasteiger partial charge in [0.2, 0.25) is 0 Å². The number of halogens is 3. The van der Waals surface area contributed by atoms with E-state index in [-0.39, 0.29) is 37.3 Å². The number of likely N-dealkylation sites (tertiary alicyclic amines) is 1. The zero-order chi connectivity index (χ0) is 24.9. The summed E-state index contributed by atoms with van der Waals surface area (Å²) in [4.78, 5) is 16.3. The minimum atomic E-state index is -2.64. The minimum Gasteiger partial charge on any atom is -0.492 e. The second-order valence-electron chi connectivity index (χ2n) is 8.82. The molecular weight excluding hydrogens is 445 g/mol. The number of rotatable bonds is 10. The summed E-state index contributed by atoms with van der Waals surface area (Å²) >= 11 is 0. The number of nitrogens with one attached hydrogen (secondary N) is 2. The smallest absolute Gasteiger partial charge is 0.261 e. The van der Waals surface area contributed by atoms with E-state index in [9.17, 15) is 18.0 Å². The molecular formula is C25H31F3N4O2. The fourth-order valence-electron chi connectivity index (χ4n) is 4.02. The Labute approximate surface area is 198 Å². The lowest BCUT2D eigenvalue weighted by Crippen LogP contribution is -2.29. The molecule has 0 aliphatic carbocycles. The van der Waals surface area contributed by atoms with Crippen molar-refractivity contribution in [2.75, 3.05) is 45.7 Å². The normalized spacial score (nSPS) is 16.4. The molecule has 1 amide bonds. The van der Waals surface area contributed by atoms with Gasteiger partial charge in [0.1, 0.15) is 18.2 Å². The van der Waals surface area contributed by atoms with Gasteiger partial charge in [0.25, 0.3) is 11.8 Å². The molecule has 1 unspecified atom stereocenters. The average molecular weight is 477 g/mol. The average Bonchev–Trinajstić information content (AvgIpc) is 3.13. The molecule has 0 saturated carbocycles. The predicted octanol–water partition coefficient (Wildman–Crippen LogP) is 4.75. The zero-order valence-electron chi connectivity index (χ0n) is 19.7. The number of benzene rings is 2. The van der Waals surface area contributed by atoms with E-state index in [1.165, 1.54) is 24.4 Å². The molecule has 2 N–H and O–H groups in total. The van der Waals surface area contributed by atoms with Gasteiger partial charge >= 0.3 is 0 Å². The maximum absolute atomic E-state index is 13.6. The van der Waals surface area contributed by atoms with Crippen molar-refractivity contribution in [3.05, 3.63) is 58.9 Å². The Bertz CT molecular complexity index is 1030. The van der Waals surface area contributed by atoms with E-state index in [1.54, 1.807) is 30.0 Å². The highest BCUT2D eigenvalue weighted by Gasteiger charge is 2.37. The molecule has 1 heterocycles. The number of alkyl halides is 2. The minimum absolute atomic E-state index is 0.137. The first kappa shape index (κ1) is 25.7. The zero-order valence-corrected chi connectivity index (χ0v) is 19.7. The standard InChI is InChI=1S/C25H31F3N4O2/c1-17-14-18(4-6-21(17)26)24(33)30-19-5-7-23(20(15-19)22(8-10-29)31(2)3)34-13-12-32-11-9-25(27,28)16-32/h4-7,10,14-15,22,29H,8-9,11-13,16H2,1-3H3,(H,30,33). The highest BCUT2D eigenvalue weighted by Crippen LogP contribution is 2.33. The van der Waals surface area contributed by atoms with Crippen LogP contribution in [0.15, 0.2) is 36.4 Å². The van der Waals surface area contributed by atoms with Crippen LogP contribution >= 0.6 is 0 Å². The lowest BCUT2D eigenvalue weighted by molar-refractivity contribution is 0.0112. The highest BCUT2D eigenvalue weighted by atomic mass is 19.3. The molecule has 6 nitrogen and oxygen atoms in total. The van der Waals surface area contributed by atoms with Crippen molar-refractivity contribution < 1.29 is 22.7 Å². The summed E-state index contributed by atoms with van der Waals surface area (Å²) in [6.45, 7) is 2.30. The van der Waals surface area contributed by atoms with E-state index in [0.717, 1.165) is 5.56 Å². The Kier molecular flexibility index (Phi) is 8.33. The third-order valence-electron chi connectivity index (χ3n) is 5.93. The van der Waals surface area contributed by atoms with E-state index in [4.69, 9.17) is 10.1 Å². The molecule has 9 heteroatoms. The van der Waals surface area contributed by atoms with E-state index >= 15 is 0 Å². The van der Waals surface area contributed by atoms with Gasteiger partial charge in [0, 0.05) is 48.8 Å². The van der Waals surface area contributed by atoms with Crippen LogP contribution in [0, 0.1) is 18.2 Å². The van der Waals surface area contributed by atoms with Gasteiger partial charge in [-0.15, -0.1) is 0 Å². The van der Waals surface area contributed by atoms with E-state index in [1.807, 2.05) is 19.0 Å². The summed E-state index contributed by atoms with van der Waals surface area (Å²) < 4.78 is 46.4. The largest absolute Gasteiger partial charge is 0.492 e. The van der Waals surface area contributed by atoms with Crippen LogP contribution in [0.3, 0.4) is 0 Å². The van der Waals surface area contributed by atoms with Crippen LogP contribution in [-0.4, -0.2) is 68.2 Å². The van der Waals surface area contributed by atoms with Gasteiger partial charge in [-0.05, 0) is 69.2 Å². The van der Waals surface area contributed by atoms with Crippen LogP contribution in [-0.2, 0) is 0 Å². The quantitative estimate of drug-likeness (QED) is 0.486. The highest BCUT2D eigenvalue weighted by molar-refractivity contribution is 6.04. The van der Waals surface area contributed by atoms with Crippen molar-refractivity contribution in [2.45, 2.75) is 31.7 Å². The fourth-order valence-corrected chi connectivity index (χ4v) is 4.02. The number of aryl methyl sites for hydroxylation is 1. The summed E-state index contributed by atoms with van der Waals surface area (Å²) in [6, 6.07) is 9.22. The maximum Gasteiger partial charge on any atom is 0.261 e. The molecule has 1 aliphatic heterocycles. The van der Waals surface area contributed by atoms with Crippen molar-refractivity contribution in [3.8, 4) is 5.75 Å². The Morgan fingerprint density at radius 3 is 2.68 bits per heavy atom. The number of hydrogen-bond donors (Lipinski definition) is 2. The van der Waals surface area contributed by atoms with Gasteiger partial charge in [-0.2, -0.15) is 0 Å². The number of nitrogens with zero attached hydrogens (tertiary/aromatic N) is 2. The molecule has 0 bridgehead atoms. The summed E-state index contributed by atoms with van der Waals surface area (Å²) in [5.74, 6) is -2.82. The maximum atomic E-state index is 13.6. The van der Waals surface area contributed by atoms with E-state index in [0.29, 0.717) is 42.1 Å². The summed E-state index contributed by atoms with van der Waals surface area (Å²) in [7, 11) is 3.77. The Morgan fingerprint density at radius 1 is 1.29 bits per heavy atom. The van der Waals surface area contributed by atoms with Gasteiger partial charge in [0.05, 0.1) is 6.54 Å². The number of carbonyl (C=O) groups excluding carboxylic acids is 1. The molecule has 3 rings (SSSR count). The monoisotopic (exact) mass is 476 g/mol. The van der Waals surface area contributed by atoms with Crippen LogP contribution in [0.5, 0.6) is 5.75 Å². The van der Waals surface area contributed by atoms with Gasteiger partial charge in [-0.25, -0.2) is 13.2 Å². The van der Waals surface area contributed by atoms with Gasteiger partial charge < -0.3 is 20.4 Å². The fraction of sp³-hybridized carbons (Fsp3) is 0.440. The third kappa shape index (κ3) is 6.57. The SMILES string of the molecule is Cc1cc(C(=O)Nc2ccc(OCCN3CCC(F)(F)C3)c(C(CC=N)N(C)C)c2)ccc1F. The summed E-state index contributed by atoms with van der Waals surface area (Å²) in [5.41, 5.74) is 2.03. The molecule has 1 saturated heterocycles. The van der Waals surface area contributed by atoms with Crippen LogP contribution in [0.1, 0.15) is 40.4 Å². The molecule has 0 spiro atoms. The number of anilines is 1. The second kappa shape index (κ2) is 11.0. The van der Waals surface area contributed by atoms with Crippen molar-refractivity contribution >= 4 is 17.8 Å². The van der Waals surface area contributed by atoms with Gasteiger partial charge in [0.15, 0.2) is 0 Å². The van der Waals surface area contributed by atoms with Crippen LogP contribution < -0.4 is 10.1 Å². The lowest BCUT2D eigenvalue weighted by atomic mass is 10.0. The molecule has 2 aromatic rings. The lowest BCUT2D eigenvalue weighted by Gasteiger charge is -2.26. The van der Waals surface area contributed by atoms with Gasteiger partial charge in [-0.1, -0.05) is 0 Å². The molecule has 2 aromatic carbocycles. The number of amides is 1. The number of hydrogen-bond acceptors (Lipinski definition) is 5. The van der Waals surface area contributed by atoms with Gasteiger partial charge in [-0.3, -0.25) is 9.69 Å². The molecule has 1 fully saturated rings. The molecule has 1 aliphatic rings.